The van der Waals surface area contributed by atoms with E-state index in [1.807, 2.05) is 0 Å². The molecule has 1 fully saturated rings. The Morgan fingerprint density at radius 1 is 1.46 bits per heavy atom. The highest BCUT2D eigenvalue weighted by atomic mass is 32.2. The van der Waals surface area contributed by atoms with E-state index in [4.69, 9.17) is 9.47 Å². The largest absolute Gasteiger partial charge is 0.495 e. The number of ether oxygens (including phenoxy) is 2. The topological polar surface area (TPSA) is 93.7 Å². The van der Waals surface area contributed by atoms with Crippen molar-refractivity contribution in [3.05, 3.63) is 23.8 Å². The fraction of sp³-hybridized carbons (Fsp3) is 0.562. The molecule has 0 spiro atoms. The monoisotopic (exact) mass is 356 g/mol. The van der Waals surface area contributed by atoms with E-state index in [0.717, 1.165) is 18.4 Å². The number of sulfonamides is 1. The minimum absolute atomic E-state index is 0.00891. The van der Waals surface area contributed by atoms with Gasteiger partial charge in [-0.2, -0.15) is 4.72 Å². The number of carbonyl (C=O) groups is 1. The number of amides is 1. The second-order valence-corrected chi connectivity index (χ2v) is 7.56. The zero-order valence-electron chi connectivity index (χ0n) is 14.2. The summed E-state index contributed by atoms with van der Waals surface area (Å²) in [5.41, 5.74) is 0.784. The maximum Gasteiger partial charge on any atom is 0.244 e. The summed E-state index contributed by atoms with van der Waals surface area (Å²) in [4.78, 5) is 12.1. The summed E-state index contributed by atoms with van der Waals surface area (Å²) in [6.45, 7) is 4.38. The van der Waals surface area contributed by atoms with Gasteiger partial charge in [-0.1, -0.05) is 6.07 Å². The average Bonchev–Trinajstić information content (AvgIpc) is 3.05. The summed E-state index contributed by atoms with van der Waals surface area (Å²) in [7, 11) is -2.47. The van der Waals surface area contributed by atoms with Crippen molar-refractivity contribution in [1.29, 1.82) is 0 Å². The first kappa shape index (κ1) is 18.7. The van der Waals surface area contributed by atoms with E-state index >= 15 is 0 Å². The van der Waals surface area contributed by atoms with Crippen molar-refractivity contribution in [3.8, 4) is 5.75 Å². The van der Waals surface area contributed by atoms with E-state index in [-0.39, 0.29) is 22.7 Å². The first-order valence-electron chi connectivity index (χ1n) is 7.90. The number of aryl methyl sites for hydroxylation is 1. The molecular weight excluding hydrogens is 332 g/mol. The van der Waals surface area contributed by atoms with Crippen LogP contribution in [0.4, 0.5) is 0 Å². The molecule has 0 aromatic heterocycles. The Morgan fingerprint density at radius 2 is 2.21 bits per heavy atom. The van der Waals surface area contributed by atoms with Crippen LogP contribution < -0.4 is 14.8 Å². The highest BCUT2D eigenvalue weighted by molar-refractivity contribution is 7.89. The predicted octanol–water partition coefficient (Wildman–Crippen LogP) is 0.966. The van der Waals surface area contributed by atoms with Crippen molar-refractivity contribution in [2.24, 2.45) is 0 Å². The van der Waals surface area contributed by atoms with Gasteiger partial charge in [-0.05, 0) is 44.4 Å². The minimum atomic E-state index is -3.87. The maximum atomic E-state index is 12.5. The van der Waals surface area contributed by atoms with Crippen LogP contribution in [0.15, 0.2) is 23.1 Å². The molecule has 2 rings (SSSR count). The summed E-state index contributed by atoms with van der Waals surface area (Å²) >= 11 is 0. The van der Waals surface area contributed by atoms with Gasteiger partial charge in [0.25, 0.3) is 0 Å². The summed E-state index contributed by atoms with van der Waals surface area (Å²) in [6.07, 6.45) is 1.89. The Morgan fingerprint density at radius 3 is 2.83 bits per heavy atom. The molecule has 0 saturated carbocycles. The third-order valence-corrected chi connectivity index (χ3v) is 5.42. The van der Waals surface area contributed by atoms with Gasteiger partial charge in [-0.15, -0.1) is 0 Å². The van der Waals surface area contributed by atoms with Gasteiger partial charge in [0.1, 0.15) is 10.6 Å². The van der Waals surface area contributed by atoms with E-state index in [0.29, 0.717) is 13.2 Å². The Kier molecular flexibility index (Phi) is 6.20. The number of benzene rings is 1. The lowest BCUT2D eigenvalue weighted by atomic mass is 10.2. The Bertz CT molecular complexity index is 684. The first-order valence-corrected chi connectivity index (χ1v) is 9.38. The Balaban J connectivity index is 2.02. The number of methoxy groups -OCH3 is 1. The molecule has 24 heavy (non-hydrogen) atoms. The van der Waals surface area contributed by atoms with Gasteiger partial charge in [0, 0.05) is 13.2 Å². The first-order chi connectivity index (χ1) is 11.3. The van der Waals surface area contributed by atoms with E-state index in [2.05, 4.69) is 10.0 Å². The van der Waals surface area contributed by atoms with Gasteiger partial charge in [-0.25, -0.2) is 8.42 Å². The molecule has 0 radical (unpaired) electrons. The third kappa shape index (κ3) is 4.68. The molecule has 1 aromatic rings. The van der Waals surface area contributed by atoms with Crippen molar-refractivity contribution in [2.45, 2.75) is 43.7 Å². The van der Waals surface area contributed by atoms with Crippen LogP contribution in [-0.2, 0) is 19.6 Å². The van der Waals surface area contributed by atoms with Crippen LogP contribution in [0.25, 0.3) is 0 Å². The van der Waals surface area contributed by atoms with E-state index in [1.54, 1.807) is 19.1 Å². The van der Waals surface area contributed by atoms with Crippen LogP contribution >= 0.6 is 0 Å². The molecule has 1 aromatic carbocycles. The van der Waals surface area contributed by atoms with Crippen molar-refractivity contribution in [2.75, 3.05) is 20.3 Å². The van der Waals surface area contributed by atoms with E-state index in [9.17, 15) is 13.2 Å². The van der Waals surface area contributed by atoms with Gasteiger partial charge in [0.2, 0.25) is 15.9 Å². The molecule has 134 valence electrons. The van der Waals surface area contributed by atoms with Gasteiger partial charge in [-0.3, -0.25) is 4.79 Å². The lowest BCUT2D eigenvalue weighted by Gasteiger charge is -2.17. The van der Waals surface area contributed by atoms with Crippen molar-refractivity contribution >= 4 is 15.9 Å². The van der Waals surface area contributed by atoms with Crippen LogP contribution in [0.1, 0.15) is 25.3 Å². The molecule has 2 N–H and O–H groups in total. The fourth-order valence-corrected chi connectivity index (χ4v) is 3.97. The van der Waals surface area contributed by atoms with Crippen LogP contribution in [0.2, 0.25) is 0 Å². The Hall–Kier alpha value is -1.64. The van der Waals surface area contributed by atoms with Crippen LogP contribution in [0.5, 0.6) is 5.75 Å². The molecule has 1 heterocycles. The highest BCUT2D eigenvalue weighted by Crippen LogP contribution is 2.24. The Labute approximate surface area is 142 Å². The number of nitrogens with one attached hydrogen (secondary N) is 2. The number of rotatable bonds is 7. The molecule has 1 amide bonds. The third-order valence-electron chi connectivity index (χ3n) is 3.86. The number of carbonyl (C=O) groups excluding carboxylic acids is 1. The molecule has 7 nitrogen and oxygen atoms in total. The molecule has 1 aliphatic rings. The summed E-state index contributed by atoms with van der Waals surface area (Å²) in [6, 6.07) is 3.96. The molecule has 8 heteroatoms. The normalized spacial score (nSPS) is 19.0. The number of hydrogen-bond acceptors (Lipinski definition) is 5. The number of hydrogen-bond donors (Lipinski definition) is 2. The minimum Gasteiger partial charge on any atom is -0.495 e. The lowest BCUT2D eigenvalue weighted by Crippen LogP contribution is -2.46. The maximum absolute atomic E-state index is 12.5. The smallest absolute Gasteiger partial charge is 0.244 e. The summed E-state index contributed by atoms with van der Waals surface area (Å²) < 4.78 is 38.0. The van der Waals surface area contributed by atoms with Crippen molar-refractivity contribution < 1.29 is 22.7 Å². The van der Waals surface area contributed by atoms with Gasteiger partial charge >= 0.3 is 0 Å². The van der Waals surface area contributed by atoms with Crippen LogP contribution in [0.3, 0.4) is 0 Å². The SMILES string of the molecule is COc1ccc(C)cc1S(=O)(=O)N[C@@H](C)C(=O)NC[C@H]1CCCO1. The molecule has 0 bridgehead atoms. The van der Waals surface area contributed by atoms with Crippen molar-refractivity contribution in [3.63, 3.8) is 0 Å². The average molecular weight is 356 g/mol. The van der Waals surface area contributed by atoms with E-state index in [1.165, 1.54) is 20.1 Å². The fourth-order valence-electron chi connectivity index (χ4n) is 2.52. The van der Waals surface area contributed by atoms with Crippen LogP contribution in [-0.4, -0.2) is 46.7 Å². The van der Waals surface area contributed by atoms with Crippen LogP contribution in [0, 0.1) is 6.92 Å². The van der Waals surface area contributed by atoms with Gasteiger partial charge < -0.3 is 14.8 Å². The summed E-state index contributed by atoms with van der Waals surface area (Å²) in [5, 5.41) is 2.72. The summed E-state index contributed by atoms with van der Waals surface area (Å²) in [5.74, 6) is -0.152. The molecule has 1 saturated heterocycles. The lowest BCUT2D eigenvalue weighted by molar-refractivity contribution is -0.122. The van der Waals surface area contributed by atoms with Crippen molar-refractivity contribution in [1.82, 2.24) is 10.0 Å². The predicted molar refractivity (Wildman–Crippen MR) is 89.5 cm³/mol. The zero-order valence-corrected chi connectivity index (χ0v) is 15.0. The van der Waals surface area contributed by atoms with Gasteiger partial charge in [0.15, 0.2) is 0 Å². The van der Waals surface area contributed by atoms with Gasteiger partial charge in [0.05, 0.1) is 19.3 Å². The molecule has 0 unspecified atom stereocenters. The zero-order chi connectivity index (χ0) is 17.7. The standard InChI is InChI=1S/C16H24N2O5S/c1-11-6-7-14(22-3)15(9-11)24(20,21)18-12(2)16(19)17-10-13-5-4-8-23-13/h6-7,9,12-13,18H,4-5,8,10H2,1-3H3,(H,17,19)/t12-,13+/m0/s1. The highest BCUT2D eigenvalue weighted by Gasteiger charge is 2.26. The second kappa shape index (κ2) is 7.96. The quantitative estimate of drug-likeness (QED) is 0.759. The molecular formula is C16H24N2O5S. The molecule has 1 aliphatic heterocycles. The molecule has 2 atom stereocenters. The second-order valence-electron chi connectivity index (χ2n) is 5.88. The van der Waals surface area contributed by atoms with E-state index < -0.39 is 16.1 Å². The molecule has 0 aliphatic carbocycles.